The molecule has 1 aliphatic carbocycles. The second-order valence-corrected chi connectivity index (χ2v) is 23.1. The highest BCUT2D eigenvalue weighted by Gasteiger charge is 2.26. The minimum absolute atomic E-state index is 0. The summed E-state index contributed by atoms with van der Waals surface area (Å²) in [5.41, 5.74) is 10.3. The molecule has 0 spiro atoms. The average Bonchev–Trinajstić information content (AvgIpc) is 0.831. The molecular weight excluding hydrogens is 1170 g/mol. The Morgan fingerprint density at radius 2 is 0.892 bits per heavy atom. The maximum Gasteiger partial charge on any atom is 0.276 e. The van der Waals surface area contributed by atoms with Gasteiger partial charge in [-0.05, 0) is 151 Å². The number of aliphatic hydroxyl groups is 1. The number of carbonyl (C=O) groups is 6. The summed E-state index contributed by atoms with van der Waals surface area (Å²) < 4.78 is 0. The van der Waals surface area contributed by atoms with Crippen LogP contribution in [0.25, 0.3) is 33.8 Å². The highest BCUT2D eigenvalue weighted by molar-refractivity contribution is 6.05. The van der Waals surface area contributed by atoms with Crippen LogP contribution < -0.4 is 26.6 Å². The molecule has 0 radical (unpaired) electrons. The largest absolute Gasteiger partial charge is 0.396 e. The van der Waals surface area contributed by atoms with E-state index in [1.54, 1.807) is 75.8 Å². The number of hydrogen-bond acceptors (Lipinski definition) is 14. The summed E-state index contributed by atoms with van der Waals surface area (Å²) in [5.74, 6) is -0.860. The van der Waals surface area contributed by atoms with Gasteiger partial charge in [0.15, 0.2) is 0 Å². The molecule has 2 saturated heterocycles. The fourth-order valence-corrected chi connectivity index (χ4v) is 10.6. The summed E-state index contributed by atoms with van der Waals surface area (Å²) in [6.45, 7) is 10.5. The second kappa shape index (κ2) is 31.8. The van der Waals surface area contributed by atoms with Gasteiger partial charge in [-0.1, -0.05) is 97.4 Å². The summed E-state index contributed by atoms with van der Waals surface area (Å²) in [6, 6.07) is 49.6. The number of aryl methyl sites for hydroxylation is 3. The number of piperidine rings is 2. The SMILES string of the molecule is Cc1ncc(-c2ccc(C(=O)NC3CC3)cc2)nc1C(=O)Nc1ccccc1.Cc1ncc(-c2ccc(C(=O)NCCN3CCCCC3)cc2)nc1C(=O)Nc1ccccc1.Cc1ncc(-c2cccc(C(=O)N3CCC(CO)CC3)c2)nc1C(=O)Nc1ccccc1.[HH].[HH].[HH].[HH].[HH].[HH].[HH].[HH].[HH]. The molecule has 3 fully saturated rings. The van der Waals surface area contributed by atoms with E-state index in [2.05, 4.69) is 61.4 Å². The summed E-state index contributed by atoms with van der Waals surface area (Å²) in [4.78, 5) is 106. The third-order valence-electron chi connectivity index (χ3n) is 16.1. The zero-order valence-electron chi connectivity index (χ0n) is 52.3. The van der Waals surface area contributed by atoms with Crippen molar-refractivity contribution in [2.75, 3.05) is 61.8 Å². The Bertz CT molecular complexity index is 4090. The van der Waals surface area contributed by atoms with Crippen molar-refractivity contribution in [2.24, 2.45) is 5.92 Å². The third kappa shape index (κ3) is 18.3. The molecule has 3 aromatic heterocycles. The van der Waals surface area contributed by atoms with Gasteiger partial charge in [-0.2, -0.15) is 0 Å². The molecule has 5 heterocycles. The third-order valence-corrected chi connectivity index (χ3v) is 16.1. The monoisotopic (exact) mass is 1260 g/mol. The van der Waals surface area contributed by atoms with Gasteiger partial charge in [0, 0.05) is 102 Å². The molecule has 0 atom stereocenters. The van der Waals surface area contributed by atoms with Crippen LogP contribution in [0.4, 0.5) is 17.1 Å². The van der Waals surface area contributed by atoms with E-state index in [0.29, 0.717) is 93.6 Å². The lowest BCUT2D eigenvalue weighted by atomic mass is 9.97. The van der Waals surface area contributed by atoms with Crippen LogP contribution in [0.3, 0.4) is 0 Å². The van der Waals surface area contributed by atoms with Crippen molar-refractivity contribution in [1.29, 1.82) is 0 Å². The van der Waals surface area contributed by atoms with Crippen LogP contribution in [-0.2, 0) is 0 Å². The number of nitrogens with one attached hydrogen (secondary N) is 5. The Hall–Kier alpha value is -10.7. The number of anilines is 3. The van der Waals surface area contributed by atoms with E-state index < -0.39 is 0 Å². The van der Waals surface area contributed by atoms with E-state index >= 15 is 0 Å². The lowest BCUT2D eigenvalue weighted by molar-refractivity contribution is 0.0650. The lowest BCUT2D eigenvalue weighted by Crippen LogP contribution is -2.39. The molecule has 20 nitrogen and oxygen atoms in total. The number of aromatic nitrogens is 6. The van der Waals surface area contributed by atoms with Crippen LogP contribution in [0, 0.1) is 26.7 Å². The molecule has 12 rings (SSSR count). The predicted octanol–water partition coefficient (Wildman–Crippen LogP) is 13.3. The van der Waals surface area contributed by atoms with Crippen LogP contribution in [0.15, 0.2) is 182 Å². The lowest BCUT2D eigenvalue weighted by Gasteiger charge is -2.31. The first-order chi connectivity index (χ1) is 45.2. The van der Waals surface area contributed by atoms with Crippen molar-refractivity contribution < 1.29 is 46.7 Å². The normalized spacial score (nSPS) is 13.8. The predicted molar refractivity (Wildman–Crippen MR) is 378 cm³/mol. The molecule has 93 heavy (non-hydrogen) atoms. The zero-order chi connectivity index (χ0) is 65.1. The van der Waals surface area contributed by atoms with Crippen molar-refractivity contribution in [2.45, 2.75) is 71.8 Å². The fourth-order valence-electron chi connectivity index (χ4n) is 10.6. The van der Waals surface area contributed by atoms with Crippen molar-refractivity contribution in [1.82, 2.24) is 50.3 Å². The first kappa shape index (κ1) is 65.3. The number of rotatable bonds is 17. The van der Waals surface area contributed by atoms with E-state index in [9.17, 15) is 33.9 Å². The van der Waals surface area contributed by atoms with Crippen LogP contribution in [0.5, 0.6) is 0 Å². The maximum atomic E-state index is 13.0. The molecular formula is C73H93N13O7. The molecule has 9 aromatic rings. The molecule has 1 saturated carbocycles. The van der Waals surface area contributed by atoms with Gasteiger partial charge < -0.3 is 41.5 Å². The Kier molecular flexibility index (Phi) is 22.3. The quantitative estimate of drug-likeness (QED) is 0.0495. The molecule has 0 unspecified atom stereocenters. The molecule has 0 bridgehead atoms. The van der Waals surface area contributed by atoms with Gasteiger partial charge in [0.05, 0.1) is 52.8 Å². The molecule has 3 aliphatic rings. The molecule has 492 valence electrons. The minimum Gasteiger partial charge on any atom is -0.396 e. The number of aliphatic hydroxyl groups excluding tert-OH is 1. The highest BCUT2D eigenvalue weighted by Crippen LogP contribution is 2.26. The zero-order valence-corrected chi connectivity index (χ0v) is 52.3. The van der Waals surface area contributed by atoms with Gasteiger partial charge in [-0.25, -0.2) is 15.0 Å². The second-order valence-electron chi connectivity index (χ2n) is 23.1. The Balaban J connectivity index is 0.000000735. The number of carbonyl (C=O) groups excluding carboxylic acids is 6. The van der Waals surface area contributed by atoms with Gasteiger partial charge in [0.2, 0.25) is 0 Å². The Morgan fingerprint density at radius 1 is 0.462 bits per heavy atom. The van der Waals surface area contributed by atoms with Crippen LogP contribution >= 0.6 is 0 Å². The number of amides is 6. The van der Waals surface area contributed by atoms with Crippen molar-refractivity contribution in [3.63, 3.8) is 0 Å². The number of nitrogens with zero attached hydrogens (tertiary/aromatic N) is 8. The van der Waals surface area contributed by atoms with Crippen LogP contribution in [-0.4, -0.2) is 132 Å². The first-order valence-electron chi connectivity index (χ1n) is 31.4. The van der Waals surface area contributed by atoms with Crippen LogP contribution in [0.1, 0.15) is 137 Å². The van der Waals surface area contributed by atoms with E-state index in [4.69, 9.17) is 0 Å². The number of likely N-dealkylation sites (tertiary alicyclic amines) is 2. The summed E-state index contributed by atoms with van der Waals surface area (Å²) >= 11 is 0. The van der Waals surface area contributed by atoms with Crippen molar-refractivity contribution >= 4 is 52.5 Å². The van der Waals surface area contributed by atoms with Gasteiger partial charge >= 0.3 is 0 Å². The van der Waals surface area contributed by atoms with E-state index in [-0.39, 0.29) is 77.9 Å². The standard InChI is InChI=1S/C26H29N5O2.C25H26N4O3.C22H20N4O2.9H2/c1-19-24(26(33)29-22-8-4-2-5-9-22)30-23(18-28-19)20-10-12-21(13-11-20)25(32)27-14-17-31-15-6-3-7-16-31;1-17-23(24(31)27-21-8-3-2-4-9-21)28-22(15-26-17)19-6-5-7-20(14-19)25(32)29-12-10-18(16-30)11-13-29;1-14-20(22(28)25-17-5-3-2-4-6-17)26-19(13-23-14)15-7-9-16(10-8-15)21(27)24-18-11-12-18;;;;;;;;;/h2,4-5,8-13,18H,3,6-7,14-17H2,1H3,(H,27,32)(H,29,33);2-9,14-15,18,30H,10-13,16H2,1H3,(H,27,31);2-10,13,18H,11-12H2,1H3,(H,24,27)(H,25,28);9*1H. The van der Waals surface area contributed by atoms with Gasteiger partial charge in [-0.3, -0.25) is 43.7 Å². The molecule has 6 amide bonds. The fraction of sp³-hybridized carbons (Fsp3) is 0.260. The van der Waals surface area contributed by atoms with Crippen molar-refractivity contribution in [3.05, 3.63) is 233 Å². The first-order valence-corrected chi connectivity index (χ1v) is 31.4. The smallest absolute Gasteiger partial charge is 0.276 e. The maximum absolute atomic E-state index is 13.0. The minimum atomic E-state index is -0.331. The number of benzene rings is 6. The Labute approximate surface area is 554 Å². The van der Waals surface area contributed by atoms with Gasteiger partial charge in [0.1, 0.15) is 17.1 Å². The van der Waals surface area contributed by atoms with Gasteiger partial charge in [0.25, 0.3) is 35.4 Å². The molecule has 2 aliphatic heterocycles. The highest BCUT2D eigenvalue weighted by atomic mass is 16.3. The average molecular weight is 1260 g/mol. The Morgan fingerprint density at radius 3 is 1.32 bits per heavy atom. The number of hydrogen-bond donors (Lipinski definition) is 6. The summed E-state index contributed by atoms with van der Waals surface area (Å²) in [5, 5.41) is 23.8. The van der Waals surface area contributed by atoms with Gasteiger partial charge in [-0.15, -0.1) is 0 Å². The molecule has 6 aromatic carbocycles. The van der Waals surface area contributed by atoms with E-state index in [1.165, 1.54) is 19.3 Å². The summed E-state index contributed by atoms with van der Waals surface area (Å²) in [7, 11) is 0. The number of para-hydroxylation sites is 3. The molecule has 20 heteroatoms. The van der Waals surface area contributed by atoms with Crippen LogP contribution in [0.2, 0.25) is 0 Å². The van der Waals surface area contributed by atoms with E-state index in [0.717, 1.165) is 62.0 Å². The topological polar surface area (TPSA) is 267 Å². The molecule has 6 N–H and O–H groups in total. The van der Waals surface area contributed by atoms with E-state index in [1.807, 2.05) is 132 Å². The summed E-state index contributed by atoms with van der Waals surface area (Å²) in [6.07, 6.45) is 12.4. The van der Waals surface area contributed by atoms with Crippen molar-refractivity contribution in [3.8, 4) is 33.8 Å².